The monoisotopic (exact) mass is 411 g/mol. The average Bonchev–Trinajstić information content (AvgIpc) is 2.67. The smallest absolute Gasteiger partial charge is 0.421 e. The van der Waals surface area contributed by atoms with Gasteiger partial charge in [0.2, 0.25) is 5.95 Å². The lowest BCUT2D eigenvalue weighted by Crippen LogP contribution is -2.40. The van der Waals surface area contributed by atoms with E-state index in [0.29, 0.717) is 55.1 Å². The van der Waals surface area contributed by atoms with Crippen LogP contribution in [0.15, 0.2) is 18.3 Å². The number of nitrogens with two attached hydrogens (primary N) is 1. The van der Waals surface area contributed by atoms with Crippen LogP contribution in [0.5, 0.6) is 5.75 Å². The number of rotatable bonds is 4. The summed E-state index contributed by atoms with van der Waals surface area (Å²) >= 11 is 0. The zero-order valence-corrected chi connectivity index (χ0v) is 15.8. The molecule has 0 saturated carbocycles. The Morgan fingerprint density at radius 1 is 1.31 bits per heavy atom. The summed E-state index contributed by atoms with van der Waals surface area (Å²) in [4.78, 5) is 21.8. The standard InChI is InChI=1S/C18H20F3N5O3/c1-10-7-13(24-17-23-9-12(15(22)25-17)18(19,20)21)14(28-2)8-11(10)16(27)26-3-5-29-6-4-26/h7-9H,3-6H2,1-2H3,(H3,22,23,24,25). The van der Waals surface area contributed by atoms with Crippen LogP contribution in [0.4, 0.5) is 30.6 Å². The highest BCUT2D eigenvalue weighted by Crippen LogP contribution is 2.34. The molecule has 0 bridgehead atoms. The summed E-state index contributed by atoms with van der Waals surface area (Å²) in [5.41, 5.74) is 5.80. The summed E-state index contributed by atoms with van der Waals surface area (Å²) < 4.78 is 49.0. The van der Waals surface area contributed by atoms with Crippen molar-refractivity contribution in [2.45, 2.75) is 13.1 Å². The number of alkyl halides is 3. The highest BCUT2D eigenvalue weighted by atomic mass is 19.4. The molecule has 1 aromatic carbocycles. The number of hydrogen-bond acceptors (Lipinski definition) is 7. The fourth-order valence-electron chi connectivity index (χ4n) is 2.92. The summed E-state index contributed by atoms with van der Waals surface area (Å²) in [5.74, 6) is -0.648. The normalized spacial score (nSPS) is 14.6. The van der Waals surface area contributed by atoms with E-state index in [9.17, 15) is 18.0 Å². The van der Waals surface area contributed by atoms with E-state index in [1.54, 1.807) is 24.0 Å². The van der Waals surface area contributed by atoms with E-state index < -0.39 is 17.6 Å². The van der Waals surface area contributed by atoms with Gasteiger partial charge in [0.15, 0.2) is 0 Å². The number of nitrogens with one attached hydrogen (secondary N) is 1. The Bertz CT molecular complexity index is 914. The molecule has 1 aromatic heterocycles. The highest BCUT2D eigenvalue weighted by Gasteiger charge is 2.34. The first-order valence-corrected chi connectivity index (χ1v) is 8.73. The maximum Gasteiger partial charge on any atom is 0.421 e. The van der Waals surface area contributed by atoms with Crippen molar-refractivity contribution in [1.82, 2.24) is 14.9 Å². The van der Waals surface area contributed by atoms with Crippen LogP contribution in [0.1, 0.15) is 21.5 Å². The molecule has 0 unspecified atom stereocenters. The maximum atomic E-state index is 12.8. The fourth-order valence-corrected chi connectivity index (χ4v) is 2.92. The van der Waals surface area contributed by atoms with Gasteiger partial charge in [-0.2, -0.15) is 18.2 Å². The molecule has 0 aliphatic carbocycles. The Hall–Kier alpha value is -3.08. The highest BCUT2D eigenvalue weighted by molar-refractivity contribution is 5.97. The molecule has 1 aliphatic rings. The lowest BCUT2D eigenvalue weighted by molar-refractivity contribution is -0.137. The third-order valence-corrected chi connectivity index (χ3v) is 4.45. The van der Waals surface area contributed by atoms with Crippen molar-refractivity contribution in [3.8, 4) is 5.75 Å². The molecular weight excluding hydrogens is 391 g/mol. The van der Waals surface area contributed by atoms with Crippen molar-refractivity contribution in [1.29, 1.82) is 0 Å². The van der Waals surface area contributed by atoms with Crippen LogP contribution in [0.3, 0.4) is 0 Å². The van der Waals surface area contributed by atoms with Gasteiger partial charge in [-0.05, 0) is 24.6 Å². The third kappa shape index (κ3) is 4.50. The predicted octanol–water partition coefficient (Wildman–Crippen LogP) is 2.61. The van der Waals surface area contributed by atoms with Crippen molar-refractivity contribution in [2.24, 2.45) is 0 Å². The molecule has 2 heterocycles. The largest absolute Gasteiger partial charge is 0.495 e. The van der Waals surface area contributed by atoms with E-state index in [1.807, 2.05) is 0 Å². The van der Waals surface area contributed by atoms with Crippen LogP contribution in [-0.4, -0.2) is 54.2 Å². The van der Waals surface area contributed by atoms with Crippen LogP contribution in [0, 0.1) is 6.92 Å². The number of aromatic nitrogens is 2. The number of anilines is 3. The molecule has 11 heteroatoms. The molecule has 1 fully saturated rings. The number of hydrogen-bond donors (Lipinski definition) is 2. The maximum absolute atomic E-state index is 12.8. The van der Waals surface area contributed by atoms with Gasteiger partial charge in [-0.1, -0.05) is 0 Å². The van der Waals surface area contributed by atoms with E-state index in [2.05, 4.69) is 15.3 Å². The molecule has 0 spiro atoms. The van der Waals surface area contributed by atoms with Gasteiger partial charge in [0, 0.05) is 24.8 Å². The van der Waals surface area contributed by atoms with Crippen molar-refractivity contribution in [3.63, 3.8) is 0 Å². The van der Waals surface area contributed by atoms with E-state index in [0.717, 1.165) is 0 Å². The molecule has 1 amide bonds. The van der Waals surface area contributed by atoms with Gasteiger partial charge in [-0.3, -0.25) is 4.79 Å². The number of carbonyl (C=O) groups is 1. The second kappa shape index (κ2) is 8.11. The first-order valence-electron chi connectivity index (χ1n) is 8.73. The van der Waals surface area contributed by atoms with Crippen LogP contribution in [0.25, 0.3) is 0 Å². The van der Waals surface area contributed by atoms with E-state index >= 15 is 0 Å². The van der Waals surface area contributed by atoms with Crippen LogP contribution < -0.4 is 15.8 Å². The second-order valence-corrected chi connectivity index (χ2v) is 6.39. The molecule has 8 nitrogen and oxygen atoms in total. The Balaban J connectivity index is 1.88. The van der Waals surface area contributed by atoms with E-state index in [4.69, 9.17) is 15.2 Å². The number of morpholine rings is 1. The van der Waals surface area contributed by atoms with Gasteiger partial charge in [0.25, 0.3) is 5.91 Å². The molecular formula is C18H20F3N5O3. The van der Waals surface area contributed by atoms with Crippen LogP contribution in [-0.2, 0) is 10.9 Å². The quantitative estimate of drug-likeness (QED) is 0.797. The molecule has 1 aliphatic heterocycles. The number of nitrogen functional groups attached to an aromatic ring is 1. The number of carbonyl (C=O) groups excluding carboxylic acids is 1. The van der Waals surface area contributed by atoms with Gasteiger partial charge in [-0.15, -0.1) is 0 Å². The molecule has 29 heavy (non-hydrogen) atoms. The number of benzene rings is 1. The summed E-state index contributed by atoms with van der Waals surface area (Å²) in [6, 6.07) is 3.21. The van der Waals surface area contributed by atoms with Gasteiger partial charge in [-0.25, -0.2) is 4.98 Å². The third-order valence-electron chi connectivity index (χ3n) is 4.45. The lowest BCUT2D eigenvalue weighted by Gasteiger charge is -2.27. The Morgan fingerprint density at radius 2 is 2.00 bits per heavy atom. The minimum Gasteiger partial charge on any atom is -0.495 e. The second-order valence-electron chi connectivity index (χ2n) is 6.39. The first kappa shape index (κ1) is 20.6. The van der Waals surface area contributed by atoms with E-state index in [1.165, 1.54) is 7.11 Å². The van der Waals surface area contributed by atoms with Crippen LogP contribution >= 0.6 is 0 Å². The van der Waals surface area contributed by atoms with Crippen molar-refractivity contribution in [2.75, 3.05) is 44.5 Å². The Morgan fingerprint density at radius 3 is 2.59 bits per heavy atom. The Labute approximate surface area is 164 Å². The number of halogens is 3. The SMILES string of the molecule is COc1cc(C(=O)N2CCOCC2)c(C)cc1Nc1ncc(C(F)(F)F)c(N)n1. The number of methoxy groups -OCH3 is 1. The number of nitrogens with zero attached hydrogens (tertiary/aromatic N) is 3. The van der Waals surface area contributed by atoms with Crippen molar-refractivity contribution < 1.29 is 27.4 Å². The topological polar surface area (TPSA) is 103 Å². The minimum absolute atomic E-state index is 0.125. The first-order chi connectivity index (χ1) is 13.7. The number of amides is 1. The lowest BCUT2D eigenvalue weighted by atomic mass is 10.1. The summed E-state index contributed by atoms with van der Waals surface area (Å²) in [6.45, 7) is 3.71. The van der Waals surface area contributed by atoms with E-state index in [-0.39, 0.29) is 11.9 Å². The summed E-state index contributed by atoms with van der Waals surface area (Å²) in [5, 5.41) is 2.79. The summed E-state index contributed by atoms with van der Waals surface area (Å²) in [6.07, 6.45) is -4.03. The predicted molar refractivity (Wildman–Crippen MR) is 99.2 cm³/mol. The van der Waals surface area contributed by atoms with Crippen molar-refractivity contribution >= 4 is 23.4 Å². The van der Waals surface area contributed by atoms with Gasteiger partial charge in [0.1, 0.15) is 17.1 Å². The average molecular weight is 411 g/mol. The summed E-state index contributed by atoms with van der Waals surface area (Å²) in [7, 11) is 1.42. The number of aryl methyl sites for hydroxylation is 1. The molecule has 156 valence electrons. The van der Waals surface area contributed by atoms with Crippen LogP contribution in [0.2, 0.25) is 0 Å². The van der Waals surface area contributed by atoms with Gasteiger partial charge >= 0.3 is 6.18 Å². The fraction of sp³-hybridized carbons (Fsp3) is 0.389. The molecule has 0 atom stereocenters. The van der Waals surface area contributed by atoms with Gasteiger partial charge < -0.3 is 25.4 Å². The van der Waals surface area contributed by atoms with Crippen molar-refractivity contribution in [3.05, 3.63) is 35.0 Å². The molecule has 1 saturated heterocycles. The molecule has 0 radical (unpaired) electrons. The zero-order chi connectivity index (χ0) is 21.2. The zero-order valence-electron chi connectivity index (χ0n) is 15.8. The molecule has 3 N–H and O–H groups in total. The van der Waals surface area contributed by atoms with Gasteiger partial charge in [0.05, 0.1) is 26.0 Å². The minimum atomic E-state index is -4.64. The number of ether oxygens (including phenoxy) is 2. The molecule has 3 rings (SSSR count). The molecule has 2 aromatic rings. The Kier molecular flexibility index (Phi) is 5.78.